The lowest BCUT2D eigenvalue weighted by molar-refractivity contribution is 0.333. The number of hydrogen-bond acceptors (Lipinski definition) is 1. The largest absolute Gasteiger partial charge is 0.312 e. The maximum atomic E-state index is 2.74. The van der Waals surface area contributed by atoms with E-state index in [2.05, 4.69) is 168 Å². The van der Waals surface area contributed by atoms with Gasteiger partial charge in [0.25, 0.3) is 0 Å². The first-order valence-electron chi connectivity index (χ1n) is 20.7. The summed E-state index contributed by atoms with van der Waals surface area (Å²) in [7, 11) is 0. The summed E-state index contributed by atoms with van der Waals surface area (Å²) in [6.07, 6.45) is 17.9. The molecular formula is C53H52N2. The number of benzene rings is 4. The molecule has 2 nitrogen and oxygen atoms in total. The zero-order valence-electron chi connectivity index (χ0n) is 33.8. The van der Waals surface area contributed by atoms with Gasteiger partial charge in [-0.2, -0.15) is 0 Å². The Balaban J connectivity index is 1.10. The quantitative estimate of drug-likeness (QED) is 0.180. The van der Waals surface area contributed by atoms with Crippen LogP contribution < -0.4 is 15.5 Å². The third-order valence-electron chi connectivity index (χ3n) is 14.7. The van der Waals surface area contributed by atoms with Gasteiger partial charge in [-0.1, -0.05) is 102 Å². The molecule has 55 heavy (non-hydrogen) atoms. The topological polar surface area (TPSA) is 8.17 Å². The van der Waals surface area contributed by atoms with E-state index >= 15 is 0 Å². The third-order valence-corrected chi connectivity index (χ3v) is 14.7. The van der Waals surface area contributed by atoms with Gasteiger partial charge in [-0.25, -0.2) is 0 Å². The highest BCUT2D eigenvalue weighted by Crippen LogP contribution is 2.57. The minimum Gasteiger partial charge on any atom is -0.312 e. The molecule has 1 atom stereocenters. The van der Waals surface area contributed by atoms with Crippen molar-refractivity contribution in [1.29, 1.82) is 0 Å². The van der Waals surface area contributed by atoms with Crippen LogP contribution in [0.5, 0.6) is 0 Å². The molecule has 2 heteroatoms. The number of aromatic nitrogens is 1. The van der Waals surface area contributed by atoms with Crippen molar-refractivity contribution in [2.24, 2.45) is 11.3 Å². The molecule has 0 amide bonds. The molecule has 4 aromatic carbocycles. The van der Waals surface area contributed by atoms with E-state index in [1.807, 2.05) is 0 Å². The van der Waals surface area contributed by atoms with Gasteiger partial charge < -0.3 is 9.47 Å². The molecule has 3 heterocycles. The van der Waals surface area contributed by atoms with Crippen molar-refractivity contribution in [2.45, 2.75) is 98.3 Å². The molecule has 0 saturated heterocycles. The number of allylic oxidation sites excluding steroid dienone is 8. The summed E-state index contributed by atoms with van der Waals surface area (Å²) in [5.74, 6) is 0.504. The number of nitrogens with zero attached hydrogens (tertiary/aromatic N) is 2. The minimum absolute atomic E-state index is 0.0263. The molecule has 0 fully saturated rings. The molecule has 5 aromatic rings. The number of anilines is 3. The Kier molecular flexibility index (Phi) is 6.67. The fourth-order valence-corrected chi connectivity index (χ4v) is 11.9. The molecule has 0 bridgehead atoms. The second-order valence-electron chi connectivity index (χ2n) is 19.0. The summed E-state index contributed by atoms with van der Waals surface area (Å²) in [5.41, 5.74) is 22.3. The number of aryl methyl sites for hydroxylation is 2. The molecule has 1 unspecified atom stereocenters. The van der Waals surface area contributed by atoms with E-state index < -0.39 is 0 Å². The predicted molar refractivity (Wildman–Crippen MR) is 233 cm³/mol. The summed E-state index contributed by atoms with van der Waals surface area (Å²) >= 11 is 0. The van der Waals surface area contributed by atoms with Crippen LogP contribution in [-0.2, 0) is 10.8 Å². The van der Waals surface area contributed by atoms with Crippen LogP contribution in [0.3, 0.4) is 0 Å². The van der Waals surface area contributed by atoms with Gasteiger partial charge in [-0.15, -0.1) is 0 Å². The number of fused-ring (bicyclic) bond motifs is 3. The highest BCUT2D eigenvalue weighted by atomic mass is 15.1. The van der Waals surface area contributed by atoms with Crippen LogP contribution in [0.2, 0.25) is 0 Å². The predicted octanol–water partition coefficient (Wildman–Crippen LogP) is 12.6. The smallest absolute Gasteiger partial charge is 0.0580 e. The van der Waals surface area contributed by atoms with E-state index in [9.17, 15) is 0 Å². The first kappa shape index (κ1) is 33.3. The summed E-state index contributed by atoms with van der Waals surface area (Å²) in [6.45, 7) is 19.3. The lowest BCUT2D eigenvalue weighted by atomic mass is 9.61. The molecule has 1 aromatic heterocycles. The average molecular weight is 717 g/mol. The lowest BCUT2D eigenvalue weighted by Crippen LogP contribution is -2.48. The van der Waals surface area contributed by atoms with Crippen molar-refractivity contribution in [2.75, 3.05) is 4.90 Å². The Morgan fingerprint density at radius 2 is 1.36 bits per heavy atom. The van der Waals surface area contributed by atoms with E-state index in [0.717, 1.165) is 32.1 Å². The van der Waals surface area contributed by atoms with Crippen LogP contribution in [0.15, 0.2) is 108 Å². The summed E-state index contributed by atoms with van der Waals surface area (Å²) in [6, 6.07) is 28.7. The van der Waals surface area contributed by atoms with Crippen molar-refractivity contribution >= 4 is 50.9 Å². The highest BCUT2D eigenvalue weighted by molar-refractivity contribution is 5.99. The highest BCUT2D eigenvalue weighted by Gasteiger charge is 2.48. The Morgan fingerprint density at radius 1 is 0.655 bits per heavy atom. The first-order valence-corrected chi connectivity index (χ1v) is 20.7. The van der Waals surface area contributed by atoms with Crippen molar-refractivity contribution in [3.8, 4) is 11.1 Å². The molecule has 0 radical (unpaired) electrons. The third kappa shape index (κ3) is 4.37. The number of rotatable bonds is 4. The van der Waals surface area contributed by atoms with Gasteiger partial charge in [0.05, 0.1) is 10.9 Å². The number of hydrogen-bond donors (Lipinski definition) is 0. The van der Waals surface area contributed by atoms with E-state index in [0.29, 0.717) is 5.92 Å². The zero-order valence-corrected chi connectivity index (χ0v) is 33.8. The average Bonchev–Trinajstić information content (AvgIpc) is 3.62. The fourth-order valence-electron chi connectivity index (χ4n) is 11.9. The summed E-state index contributed by atoms with van der Waals surface area (Å²) in [5, 5.41) is 4.35. The van der Waals surface area contributed by atoms with E-state index in [1.54, 1.807) is 16.8 Å². The van der Waals surface area contributed by atoms with E-state index in [1.165, 1.54) is 88.6 Å². The standard InChI is InChI=1S/C53H52N2/c1-31-25-32(2)27-36(26-31)54(35-22-19-33(20-23-35)34-21-24-39-38-13-9-10-15-42(38)51(3,4)46(39)28-34)37-29-41-40-14-11-16-43-48(40)55-49(41)47(30-37)53(7,8)45-18-12-17-44(50(45)55)52(43,5)6/h10,12,14-15,18-30,44H,9,11,13,16-17H2,1-8H3. The summed E-state index contributed by atoms with van der Waals surface area (Å²) in [4.78, 5) is 2.52. The molecule has 274 valence electrons. The van der Waals surface area contributed by atoms with Crippen LogP contribution in [0.1, 0.15) is 101 Å². The van der Waals surface area contributed by atoms with Gasteiger partial charge >= 0.3 is 0 Å². The minimum atomic E-state index is -0.132. The monoisotopic (exact) mass is 716 g/mol. The lowest BCUT2D eigenvalue weighted by Gasteiger charge is -2.48. The molecule has 2 aliphatic heterocycles. The summed E-state index contributed by atoms with van der Waals surface area (Å²) < 4.78 is 2.74. The SMILES string of the molecule is Cc1cc(C)cc(N(c2ccc(-c3ccc4c(c3)C(C)(C)C3=C4CCC=C3)cc2)c2cc3c4c(c2)c2c5n4C4=C(C=CCC4C(C)(C)C=5CCC=2)C3(C)C)c1. The second-order valence-corrected chi connectivity index (χ2v) is 19.0. The molecular weight excluding hydrogens is 665 g/mol. The first-order chi connectivity index (χ1) is 26.4. The normalized spacial score (nSPS) is 21.5. The second kappa shape index (κ2) is 11.0. The van der Waals surface area contributed by atoms with Crippen molar-refractivity contribution in [3.05, 3.63) is 147 Å². The zero-order chi connectivity index (χ0) is 37.8. The van der Waals surface area contributed by atoms with Crippen LogP contribution in [0.25, 0.3) is 44.9 Å². The van der Waals surface area contributed by atoms with Crippen LogP contribution in [0, 0.1) is 25.2 Å². The van der Waals surface area contributed by atoms with E-state index in [4.69, 9.17) is 0 Å². The van der Waals surface area contributed by atoms with Gasteiger partial charge in [-0.05, 0) is 155 Å². The van der Waals surface area contributed by atoms with Crippen molar-refractivity contribution in [1.82, 2.24) is 4.57 Å². The van der Waals surface area contributed by atoms with Gasteiger partial charge in [0.2, 0.25) is 0 Å². The van der Waals surface area contributed by atoms with Crippen LogP contribution in [0.4, 0.5) is 17.1 Å². The van der Waals surface area contributed by atoms with Gasteiger partial charge in [0, 0.05) is 50.1 Å². The molecule has 11 rings (SSSR count). The molecule has 0 saturated carbocycles. The van der Waals surface area contributed by atoms with Crippen LogP contribution in [-0.4, -0.2) is 4.57 Å². The Morgan fingerprint density at radius 3 is 2.15 bits per heavy atom. The Hall–Kier alpha value is -5.08. The Labute approximate surface area is 326 Å². The van der Waals surface area contributed by atoms with Gasteiger partial charge in [0.1, 0.15) is 0 Å². The Bertz CT molecular complexity index is 2800. The van der Waals surface area contributed by atoms with Crippen molar-refractivity contribution in [3.63, 3.8) is 0 Å². The molecule has 0 N–H and O–H groups in total. The maximum absolute atomic E-state index is 2.74. The van der Waals surface area contributed by atoms with E-state index in [-0.39, 0.29) is 16.2 Å². The maximum Gasteiger partial charge on any atom is 0.0580 e. The molecule has 4 aliphatic carbocycles. The molecule has 0 spiro atoms. The fraction of sp³-hybridized carbons (Fsp3) is 0.321. The van der Waals surface area contributed by atoms with Crippen molar-refractivity contribution < 1.29 is 0 Å². The van der Waals surface area contributed by atoms with Gasteiger partial charge in [-0.3, -0.25) is 0 Å². The van der Waals surface area contributed by atoms with Crippen LogP contribution >= 0.6 is 0 Å². The molecule has 6 aliphatic rings. The van der Waals surface area contributed by atoms with Gasteiger partial charge in [0.15, 0.2) is 0 Å².